The smallest absolute Gasteiger partial charge is 0.407 e. The Balaban J connectivity index is 1.02. The van der Waals surface area contributed by atoms with Crippen molar-refractivity contribution in [2.75, 3.05) is 27.3 Å². The second kappa shape index (κ2) is 17.1. The SMILES string of the molecule is COC(=O)N[C@@H](C(=O)N1CCC[C@H]1c1ncc(-c2ccc(-c3ccc(-c4ccc5nc([C@@H]6CCCN6C(=O)[C@H](NC(=O)OC)C(C)C)[nH]c5c4)cc3)cc2)[nH]1)C(C)C. The minimum Gasteiger partial charge on any atom is -0.453 e. The fourth-order valence-electron chi connectivity index (χ4n) is 8.10. The maximum atomic E-state index is 13.6. The largest absolute Gasteiger partial charge is 0.453 e. The van der Waals surface area contributed by atoms with E-state index in [-0.39, 0.29) is 35.7 Å². The highest BCUT2D eigenvalue weighted by Crippen LogP contribution is 2.35. The first-order valence-electron chi connectivity index (χ1n) is 20.0. The van der Waals surface area contributed by atoms with Gasteiger partial charge in [-0.2, -0.15) is 0 Å². The van der Waals surface area contributed by atoms with Crippen LogP contribution >= 0.6 is 0 Å². The normalized spacial score (nSPS) is 17.8. The van der Waals surface area contributed by atoms with Gasteiger partial charge in [0.2, 0.25) is 11.8 Å². The highest BCUT2D eigenvalue weighted by Gasteiger charge is 2.39. The maximum Gasteiger partial charge on any atom is 0.407 e. The van der Waals surface area contributed by atoms with Gasteiger partial charge >= 0.3 is 12.2 Å². The lowest BCUT2D eigenvalue weighted by molar-refractivity contribution is -0.136. The fourth-order valence-corrected chi connectivity index (χ4v) is 8.10. The quantitative estimate of drug-likeness (QED) is 0.107. The molecule has 0 unspecified atom stereocenters. The summed E-state index contributed by atoms with van der Waals surface area (Å²) in [6.07, 6.45) is 3.83. The van der Waals surface area contributed by atoms with E-state index in [0.29, 0.717) is 13.1 Å². The number of nitrogens with zero attached hydrogens (tertiary/aromatic N) is 4. The molecular weight excluding hydrogens is 737 g/mol. The summed E-state index contributed by atoms with van der Waals surface area (Å²) in [6, 6.07) is 21.1. The summed E-state index contributed by atoms with van der Waals surface area (Å²) < 4.78 is 9.53. The van der Waals surface area contributed by atoms with E-state index in [2.05, 4.69) is 86.2 Å². The third-order valence-electron chi connectivity index (χ3n) is 11.3. The van der Waals surface area contributed by atoms with Crippen molar-refractivity contribution >= 4 is 35.0 Å². The van der Waals surface area contributed by atoms with Crippen molar-refractivity contribution in [3.05, 3.63) is 84.6 Å². The molecule has 2 aromatic heterocycles. The molecule has 7 rings (SSSR count). The Bertz CT molecular complexity index is 2260. The van der Waals surface area contributed by atoms with Crippen molar-refractivity contribution < 1.29 is 28.7 Å². The zero-order chi connectivity index (χ0) is 41.1. The van der Waals surface area contributed by atoms with E-state index in [1.807, 2.05) is 49.8 Å². The van der Waals surface area contributed by atoms with Crippen LogP contribution in [0.1, 0.15) is 77.1 Å². The summed E-state index contributed by atoms with van der Waals surface area (Å²) >= 11 is 0. The molecule has 0 spiro atoms. The van der Waals surface area contributed by atoms with Crippen LogP contribution in [0.4, 0.5) is 9.59 Å². The zero-order valence-corrected chi connectivity index (χ0v) is 33.9. The number of benzene rings is 3. The number of alkyl carbamates (subject to hydrolysis) is 2. The first-order chi connectivity index (χ1) is 27.9. The number of rotatable bonds is 11. The van der Waals surface area contributed by atoms with Gasteiger partial charge in [0.25, 0.3) is 0 Å². The summed E-state index contributed by atoms with van der Waals surface area (Å²) in [6.45, 7) is 8.81. The van der Waals surface area contributed by atoms with Gasteiger partial charge in [0.05, 0.1) is 49.2 Å². The van der Waals surface area contributed by atoms with E-state index in [0.717, 1.165) is 81.9 Å². The number of hydrogen-bond donors (Lipinski definition) is 4. The Kier molecular flexibility index (Phi) is 11.8. The first-order valence-corrected chi connectivity index (χ1v) is 20.0. The van der Waals surface area contributed by atoms with Gasteiger partial charge in [0, 0.05) is 13.1 Å². The lowest BCUT2D eigenvalue weighted by Crippen LogP contribution is -2.51. The molecule has 0 saturated carbocycles. The number of hydrogen-bond acceptors (Lipinski definition) is 8. The van der Waals surface area contributed by atoms with Gasteiger partial charge in [-0.3, -0.25) is 9.59 Å². The van der Waals surface area contributed by atoms with Gasteiger partial charge in [-0.1, -0.05) is 82.3 Å². The molecule has 4 atom stereocenters. The highest BCUT2D eigenvalue weighted by molar-refractivity contribution is 5.88. The molecule has 2 saturated heterocycles. The van der Waals surface area contributed by atoms with Gasteiger partial charge in [-0.25, -0.2) is 19.6 Å². The van der Waals surface area contributed by atoms with Crippen LogP contribution in [0.2, 0.25) is 0 Å². The second-order valence-electron chi connectivity index (χ2n) is 15.8. The van der Waals surface area contributed by atoms with Gasteiger partial charge in [0.1, 0.15) is 23.7 Å². The second-order valence-corrected chi connectivity index (χ2v) is 15.8. The molecule has 14 heteroatoms. The van der Waals surface area contributed by atoms with E-state index in [1.54, 1.807) is 0 Å². The van der Waals surface area contributed by atoms with Crippen molar-refractivity contribution in [3.8, 4) is 33.5 Å². The van der Waals surface area contributed by atoms with E-state index in [9.17, 15) is 19.2 Å². The summed E-state index contributed by atoms with van der Waals surface area (Å²) in [7, 11) is 2.58. The molecule has 3 aromatic carbocycles. The van der Waals surface area contributed by atoms with Gasteiger partial charge in [-0.15, -0.1) is 0 Å². The first kappa shape index (κ1) is 40.0. The molecule has 2 aliphatic heterocycles. The summed E-state index contributed by atoms with van der Waals surface area (Å²) in [5, 5.41) is 5.40. The summed E-state index contributed by atoms with van der Waals surface area (Å²) in [5.41, 5.74) is 7.84. The van der Waals surface area contributed by atoms with Crippen LogP contribution in [0.15, 0.2) is 72.9 Å². The molecule has 5 aromatic rings. The number of H-pyrrole nitrogens is 2. The molecule has 0 bridgehead atoms. The molecule has 2 aliphatic rings. The third-order valence-corrected chi connectivity index (χ3v) is 11.3. The van der Waals surface area contributed by atoms with Crippen molar-refractivity contribution in [2.45, 2.75) is 77.5 Å². The van der Waals surface area contributed by atoms with Crippen molar-refractivity contribution in [3.63, 3.8) is 0 Å². The van der Waals surface area contributed by atoms with E-state index >= 15 is 0 Å². The van der Waals surface area contributed by atoms with Gasteiger partial charge in [-0.05, 0) is 77.5 Å². The standard InChI is InChI=1S/C44H52N8O6/c1-25(2)37(49-43(55)57-5)41(53)51-21-7-9-35(51)39-45-24-34(48-39)30-17-15-28(16-18-30)27-11-13-29(14-12-27)31-19-20-32-33(23-31)47-40(46-32)36-10-8-22-52(36)42(54)38(26(3)4)50-44(56)58-6/h11-20,23-26,35-38H,7-10,21-22H2,1-6H3,(H,45,48)(H,46,47)(H,49,55)(H,50,56)/t35-,36-,37+,38+/m0/s1. The third kappa shape index (κ3) is 8.27. The Morgan fingerprint density at radius 1 is 0.655 bits per heavy atom. The Morgan fingerprint density at radius 2 is 1.12 bits per heavy atom. The number of aromatic amines is 2. The molecule has 4 heterocycles. The van der Waals surface area contributed by atoms with Crippen LogP contribution in [0.5, 0.6) is 0 Å². The Hall–Kier alpha value is -6.18. The minimum absolute atomic E-state index is 0.104. The van der Waals surface area contributed by atoms with Crippen molar-refractivity contribution in [1.82, 2.24) is 40.4 Å². The lowest BCUT2D eigenvalue weighted by Gasteiger charge is -2.30. The predicted octanol–water partition coefficient (Wildman–Crippen LogP) is 7.38. The van der Waals surface area contributed by atoms with Crippen LogP contribution < -0.4 is 10.6 Å². The number of imidazole rings is 2. The average Bonchev–Trinajstić information content (AvgIpc) is 4.07. The summed E-state index contributed by atoms with van der Waals surface area (Å²) in [4.78, 5) is 71.2. The molecule has 0 aliphatic carbocycles. The van der Waals surface area contributed by atoms with Crippen LogP contribution in [0.3, 0.4) is 0 Å². The molecular formula is C44H52N8O6. The van der Waals surface area contributed by atoms with Crippen molar-refractivity contribution in [2.24, 2.45) is 11.8 Å². The number of aromatic nitrogens is 4. The lowest BCUT2D eigenvalue weighted by atomic mass is 9.99. The predicted molar refractivity (Wildman–Crippen MR) is 220 cm³/mol. The molecule has 0 radical (unpaired) electrons. The number of amides is 4. The Morgan fingerprint density at radius 3 is 1.62 bits per heavy atom. The average molecular weight is 789 g/mol. The van der Waals surface area contributed by atoms with Crippen LogP contribution in [-0.4, -0.2) is 93.1 Å². The molecule has 304 valence electrons. The van der Waals surface area contributed by atoms with Gasteiger partial charge in [0.15, 0.2) is 0 Å². The number of ether oxygens (including phenoxy) is 2. The molecule has 2 fully saturated rings. The number of fused-ring (bicyclic) bond motifs is 1. The van der Waals surface area contributed by atoms with E-state index in [1.165, 1.54) is 14.2 Å². The van der Waals surface area contributed by atoms with E-state index < -0.39 is 24.3 Å². The monoisotopic (exact) mass is 788 g/mol. The molecule has 14 nitrogen and oxygen atoms in total. The van der Waals surface area contributed by atoms with Crippen LogP contribution in [-0.2, 0) is 19.1 Å². The van der Waals surface area contributed by atoms with Crippen LogP contribution in [0.25, 0.3) is 44.5 Å². The maximum absolute atomic E-state index is 13.6. The Labute approximate surface area is 338 Å². The molecule has 58 heavy (non-hydrogen) atoms. The topological polar surface area (TPSA) is 175 Å². The minimum atomic E-state index is -0.689. The number of carbonyl (C=O) groups excluding carboxylic acids is 4. The number of likely N-dealkylation sites (tertiary alicyclic amines) is 2. The van der Waals surface area contributed by atoms with Gasteiger partial charge < -0.3 is 39.9 Å². The highest BCUT2D eigenvalue weighted by atomic mass is 16.5. The fraction of sp³-hybridized carbons (Fsp3) is 0.409. The molecule has 4 amide bonds. The number of nitrogens with one attached hydrogen (secondary N) is 4. The van der Waals surface area contributed by atoms with Crippen LogP contribution in [0, 0.1) is 11.8 Å². The summed E-state index contributed by atoms with van der Waals surface area (Å²) in [5.74, 6) is 0.985. The molecule has 4 N–H and O–H groups in total. The number of methoxy groups -OCH3 is 2. The van der Waals surface area contributed by atoms with Crippen molar-refractivity contribution in [1.29, 1.82) is 0 Å². The number of carbonyl (C=O) groups is 4. The zero-order valence-electron chi connectivity index (χ0n) is 33.9. The van der Waals surface area contributed by atoms with E-state index in [4.69, 9.17) is 14.5 Å².